The van der Waals surface area contributed by atoms with Crippen LogP contribution < -0.4 is 0 Å². The summed E-state index contributed by atoms with van der Waals surface area (Å²) in [5, 5.41) is 0. The second-order valence-corrected chi connectivity index (χ2v) is 5.34. The van der Waals surface area contributed by atoms with Gasteiger partial charge in [0.15, 0.2) is 0 Å². The zero-order valence-corrected chi connectivity index (χ0v) is 11.6. The molecule has 0 heterocycles. The summed E-state index contributed by atoms with van der Waals surface area (Å²) in [6, 6.07) is 4.77. The minimum Gasteiger partial charge on any atom is -0.0628 e. The first kappa shape index (κ1) is 13.3. The molecule has 0 aliphatic rings. The van der Waals surface area contributed by atoms with Gasteiger partial charge in [-0.2, -0.15) is 0 Å². The molecule has 0 spiro atoms. The van der Waals surface area contributed by atoms with Crippen molar-refractivity contribution in [3.63, 3.8) is 0 Å². The molecule has 0 heteroatoms. The highest BCUT2D eigenvalue weighted by Crippen LogP contribution is 2.19. The van der Waals surface area contributed by atoms with Gasteiger partial charge in [-0.15, -0.1) is 0 Å². The highest BCUT2D eigenvalue weighted by Gasteiger charge is 2.04. The lowest BCUT2D eigenvalue weighted by atomic mass is 9.94. The third-order valence-corrected chi connectivity index (χ3v) is 3.40. The van der Waals surface area contributed by atoms with Crippen LogP contribution in [-0.4, -0.2) is 0 Å². The number of rotatable bonds is 5. The van der Waals surface area contributed by atoms with Crippen LogP contribution in [-0.2, 0) is 12.8 Å². The Labute approximate surface area is 101 Å². The molecule has 1 aromatic rings. The predicted molar refractivity (Wildman–Crippen MR) is 73.1 cm³/mol. The molecule has 16 heavy (non-hydrogen) atoms. The molecule has 90 valence electrons. The fourth-order valence-electron chi connectivity index (χ4n) is 2.29. The summed E-state index contributed by atoms with van der Waals surface area (Å²) in [6.07, 6.45) is 5.06. The van der Waals surface area contributed by atoms with Gasteiger partial charge in [-0.05, 0) is 61.3 Å². The standard InChI is InChI=1S/C16H26/c1-6-15-10-14(5)16(11-13(15)4)9-7-8-12(2)3/h10-12H,6-9H2,1-5H3. The lowest BCUT2D eigenvalue weighted by Gasteiger charge is -2.12. The zero-order chi connectivity index (χ0) is 12.1. The Morgan fingerprint density at radius 3 is 2.12 bits per heavy atom. The fourth-order valence-corrected chi connectivity index (χ4v) is 2.29. The average molecular weight is 218 g/mol. The van der Waals surface area contributed by atoms with Crippen LogP contribution in [0.15, 0.2) is 12.1 Å². The smallest absolute Gasteiger partial charge is 0.0276 e. The molecule has 1 aromatic carbocycles. The number of hydrogen-bond acceptors (Lipinski definition) is 0. The minimum absolute atomic E-state index is 0.830. The Hall–Kier alpha value is -0.780. The molecule has 0 bridgehead atoms. The molecule has 0 radical (unpaired) electrons. The van der Waals surface area contributed by atoms with Crippen molar-refractivity contribution in [2.24, 2.45) is 5.92 Å². The Morgan fingerprint density at radius 1 is 1.00 bits per heavy atom. The summed E-state index contributed by atoms with van der Waals surface area (Å²) in [5.41, 5.74) is 6.00. The van der Waals surface area contributed by atoms with Gasteiger partial charge in [0.25, 0.3) is 0 Å². The van der Waals surface area contributed by atoms with Crippen molar-refractivity contribution in [1.29, 1.82) is 0 Å². The molecule has 0 amide bonds. The van der Waals surface area contributed by atoms with Gasteiger partial charge in [0.05, 0.1) is 0 Å². The van der Waals surface area contributed by atoms with Crippen molar-refractivity contribution in [1.82, 2.24) is 0 Å². The molecule has 0 N–H and O–H groups in total. The van der Waals surface area contributed by atoms with Gasteiger partial charge in [0.2, 0.25) is 0 Å². The van der Waals surface area contributed by atoms with E-state index < -0.39 is 0 Å². The van der Waals surface area contributed by atoms with Crippen LogP contribution in [0.25, 0.3) is 0 Å². The van der Waals surface area contributed by atoms with E-state index in [2.05, 4.69) is 46.8 Å². The molecular weight excluding hydrogens is 192 g/mol. The van der Waals surface area contributed by atoms with Crippen LogP contribution >= 0.6 is 0 Å². The SMILES string of the molecule is CCc1cc(C)c(CCCC(C)C)cc1C. The van der Waals surface area contributed by atoms with Crippen LogP contribution in [0.3, 0.4) is 0 Å². The third-order valence-electron chi connectivity index (χ3n) is 3.40. The molecule has 0 aliphatic carbocycles. The van der Waals surface area contributed by atoms with Gasteiger partial charge >= 0.3 is 0 Å². The molecular formula is C16H26. The largest absolute Gasteiger partial charge is 0.0628 e. The Kier molecular flexibility index (Phi) is 5.05. The summed E-state index contributed by atoms with van der Waals surface area (Å²) in [4.78, 5) is 0. The molecule has 0 unspecified atom stereocenters. The van der Waals surface area contributed by atoms with E-state index in [1.165, 1.54) is 36.0 Å². The van der Waals surface area contributed by atoms with E-state index in [9.17, 15) is 0 Å². The molecule has 0 atom stereocenters. The van der Waals surface area contributed by atoms with E-state index in [0.717, 1.165) is 12.3 Å². The van der Waals surface area contributed by atoms with Gasteiger partial charge in [0.1, 0.15) is 0 Å². The van der Waals surface area contributed by atoms with Gasteiger partial charge in [-0.25, -0.2) is 0 Å². The van der Waals surface area contributed by atoms with Crippen LogP contribution in [0.5, 0.6) is 0 Å². The Morgan fingerprint density at radius 2 is 1.56 bits per heavy atom. The van der Waals surface area contributed by atoms with Crippen molar-refractivity contribution in [2.75, 3.05) is 0 Å². The maximum Gasteiger partial charge on any atom is -0.0276 e. The fraction of sp³-hybridized carbons (Fsp3) is 0.625. The van der Waals surface area contributed by atoms with Crippen LogP contribution in [0.1, 0.15) is 55.9 Å². The number of benzene rings is 1. The van der Waals surface area contributed by atoms with Crippen molar-refractivity contribution in [2.45, 2.75) is 60.3 Å². The quantitative estimate of drug-likeness (QED) is 0.663. The second-order valence-electron chi connectivity index (χ2n) is 5.34. The van der Waals surface area contributed by atoms with Crippen molar-refractivity contribution in [3.05, 3.63) is 34.4 Å². The molecule has 0 aliphatic heterocycles. The van der Waals surface area contributed by atoms with Crippen LogP contribution in [0.2, 0.25) is 0 Å². The summed E-state index contributed by atoms with van der Waals surface area (Å²) in [7, 11) is 0. The van der Waals surface area contributed by atoms with E-state index in [-0.39, 0.29) is 0 Å². The van der Waals surface area contributed by atoms with Crippen molar-refractivity contribution >= 4 is 0 Å². The topological polar surface area (TPSA) is 0 Å². The Balaban J connectivity index is 2.70. The van der Waals surface area contributed by atoms with E-state index >= 15 is 0 Å². The lowest BCUT2D eigenvalue weighted by Crippen LogP contribution is -1.97. The highest BCUT2D eigenvalue weighted by molar-refractivity contribution is 5.37. The molecule has 0 saturated heterocycles. The molecule has 0 nitrogen and oxygen atoms in total. The van der Waals surface area contributed by atoms with Crippen molar-refractivity contribution in [3.8, 4) is 0 Å². The average Bonchev–Trinajstić information content (AvgIpc) is 2.22. The van der Waals surface area contributed by atoms with Gasteiger partial charge in [-0.1, -0.05) is 39.3 Å². The summed E-state index contributed by atoms with van der Waals surface area (Å²) in [5.74, 6) is 0.830. The minimum atomic E-state index is 0.830. The second kappa shape index (κ2) is 6.08. The molecule has 0 fully saturated rings. The van der Waals surface area contributed by atoms with E-state index in [0.29, 0.717) is 0 Å². The number of aryl methyl sites for hydroxylation is 4. The first-order valence-electron chi connectivity index (χ1n) is 6.63. The summed E-state index contributed by atoms with van der Waals surface area (Å²) >= 11 is 0. The van der Waals surface area contributed by atoms with Gasteiger partial charge in [-0.3, -0.25) is 0 Å². The summed E-state index contributed by atoms with van der Waals surface area (Å²) in [6.45, 7) is 11.3. The van der Waals surface area contributed by atoms with E-state index in [1.807, 2.05) is 0 Å². The maximum atomic E-state index is 2.40. The zero-order valence-electron chi connectivity index (χ0n) is 11.6. The van der Waals surface area contributed by atoms with Crippen LogP contribution in [0, 0.1) is 19.8 Å². The molecule has 0 saturated carbocycles. The van der Waals surface area contributed by atoms with Crippen molar-refractivity contribution < 1.29 is 0 Å². The monoisotopic (exact) mass is 218 g/mol. The van der Waals surface area contributed by atoms with E-state index in [4.69, 9.17) is 0 Å². The van der Waals surface area contributed by atoms with Gasteiger partial charge < -0.3 is 0 Å². The normalized spacial score (nSPS) is 11.1. The van der Waals surface area contributed by atoms with E-state index in [1.54, 1.807) is 5.56 Å². The van der Waals surface area contributed by atoms with Gasteiger partial charge in [0, 0.05) is 0 Å². The first-order valence-corrected chi connectivity index (χ1v) is 6.63. The third kappa shape index (κ3) is 3.66. The molecule has 0 aromatic heterocycles. The maximum absolute atomic E-state index is 2.40. The lowest BCUT2D eigenvalue weighted by molar-refractivity contribution is 0.555. The number of hydrogen-bond donors (Lipinski definition) is 0. The van der Waals surface area contributed by atoms with Crippen LogP contribution in [0.4, 0.5) is 0 Å². The highest BCUT2D eigenvalue weighted by atomic mass is 14.1. The molecule has 1 rings (SSSR count). The Bertz CT molecular complexity index is 334. The predicted octanol–water partition coefficient (Wildman–Crippen LogP) is 4.84. The first-order chi connectivity index (χ1) is 7.54. The summed E-state index contributed by atoms with van der Waals surface area (Å²) < 4.78 is 0.